The van der Waals surface area contributed by atoms with Gasteiger partial charge in [-0.05, 0) is 43.7 Å². The van der Waals surface area contributed by atoms with Crippen molar-refractivity contribution in [1.29, 1.82) is 0 Å². The van der Waals surface area contributed by atoms with Gasteiger partial charge in [-0.1, -0.05) is 30.2 Å². The van der Waals surface area contributed by atoms with Gasteiger partial charge in [-0.15, -0.1) is 0 Å². The van der Waals surface area contributed by atoms with E-state index in [9.17, 15) is 8.78 Å². The maximum absolute atomic E-state index is 13.6. The second kappa shape index (κ2) is 6.10. The van der Waals surface area contributed by atoms with Gasteiger partial charge < -0.3 is 5.73 Å². The molecule has 2 rings (SSSR count). The van der Waals surface area contributed by atoms with Gasteiger partial charge in [0.2, 0.25) is 0 Å². The molecule has 0 amide bonds. The molecule has 1 aliphatic carbocycles. The third-order valence-electron chi connectivity index (χ3n) is 3.52. The zero-order chi connectivity index (χ0) is 13.0. The molecule has 0 bridgehead atoms. The van der Waals surface area contributed by atoms with E-state index < -0.39 is 11.6 Å². The molecule has 0 fully saturated rings. The third-order valence-corrected chi connectivity index (χ3v) is 3.52. The van der Waals surface area contributed by atoms with Crippen molar-refractivity contribution >= 4 is 0 Å². The molecule has 1 aliphatic rings. The van der Waals surface area contributed by atoms with E-state index in [0.29, 0.717) is 12.0 Å². The van der Waals surface area contributed by atoms with Gasteiger partial charge in [-0.2, -0.15) is 0 Å². The predicted molar refractivity (Wildman–Crippen MR) is 69.2 cm³/mol. The molecule has 1 nitrogen and oxygen atoms in total. The normalized spacial score (nSPS) is 18.1. The first-order valence-corrected chi connectivity index (χ1v) is 6.56. The lowest BCUT2D eigenvalue weighted by Crippen LogP contribution is -2.26. The zero-order valence-corrected chi connectivity index (χ0v) is 10.5. The van der Waals surface area contributed by atoms with Crippen LogP contribution < -0.4 is 5.73 Å². The van der Waals surface area contributed by atoms with Gasteiger partial charge in [0.25, 0.3) is 0 Å². The van der Waals surface area contributed by atoms with Crippen molar-refractivity contribution in [3.8, 4) is 0 Å². The number of benzene rings is 1. The van der Waals surface area contributed by atoms with Crippen LogP contribution in [0.2, 0.25) is 0 Å². The van der Waals surface area contributed by atoms with E-state index in [1.54, 1.807) is 6.07 Å². The van der Waals surface area contributed by atoms with Crippen LogP contribution >= 0.6 is 0 Å². The second-order valence-corrected chi connectivity index (χ2v) is 4.90. The Hall–Kier alpha value is -1.22. The summed E-state index contributed by atoms with van der Waals surface area (Å²) in [5.74, 6) is -1.56. The van der Waals surface area contributed by atoms with Crippen LogP contribution in [-0.4, -0.2) is 6.04 Å². The summed E-state index contributed by atoms with van der Waals surface area (Å²) in [6, 6.07) is 4.08. The average molecular weight is 251 g/mol. The molecule has 0 saturated carbocycles. The predicted octanol–water partition coefficient (Wildman–Crippen LogP) is 3.73. The fraction of sp³-hybridized carbons (Fsp3) is 0.467. The summed E-state index contributed by atoms with van der Waals surface area (Å²) >= 11 is 0. The highest BCUT2D eigenvalue weighted by atomic mass is 19.2. The van der Waals surface area contributed by atoms with Gasteiger partial charge in [0.05, 0.1) is 0 Å². The standard InChI is InChI=1S/C15H19F2N/c16-13-9-5-8-12(15(13)17)10-14(18)11-6-3-1-2-4-7-11/h5-6,8-9,14H,1-4,7,10,18H2. The number of nitrogens with two attached hydrogens (primary N) is 1. The van der Waals surface area contributed by atoms with Crippen molar-refractivity contribution in [2.24, 2.45) is 5.73 Å². The first-order valence-electron chi connectivity index (χ1n) is 6.56. The van der Waals surface area contributed by atoms with Gasteiger partial charge in [0.15, 0.2) is 11.6 Å². The maximum Gasteiger partial charge on any atom is 0.162 e. The molecular weight excluding hydrogens is 232 g/mol. The first-order chi connectivity index (χ1) is 8.68. The minimum absolute atomic E-state index is 0.195. The summed E-state index contributed by atoms with van der Waals surface area (Å²) in [4.78, 5) is 0. The van der Waals surface area contributed by atoms with E-state index >= 15 is 0 Å². The molecule has 1 unspecified atom stereocenters. The highest BCUT2D eigenvalue weighted by molar-refractivity contribution is 5.23. The van der Waals surface area contributed by atoms with Crippen molar-refractivity contribution in [2.75, 3.05) is 0 Å². The molecule has 18 heavy (non-hydrogen) atoms. The largest absolute Gasteiger partial charge is 0.324 e. The minimum atomic E-state index is -0.797. The SMILES string of the molecule is NC(Cc1cccc(F)c1F)C1=CCCCCC1. The van der Waals surface area contributed by atoms with Gasteiger partial charge >= 0.3 is 0 Å². The summed E-state index contributed by atoms with van der Waals surface area (Å²) in [5.41, 5.74) is 7.67. The Morgan fingerprint density at radius 2 is 2.00 bits per heavy atom. The minimum Gasteiger partial charge on any atom is -0.324 e. The van der Waals surface area contributed by atoms with E-state index in [2.05, 4.69) is 6.08 Å². The number of allylic oxidation sites excluding steroid dienone is 1. The fourth-order valence-corrected chi connectivity index (χ4v) is 2.45. The lowest BCUT2D eigenvalue weighted by molar-refractivity contribution is 0.495. The molecule has 2 N–H and O–H groups in total. The van der Waals surface area contributed by atoms with Crippen LogP contribution in [0, 0.1) is 11.6 Å². The Balaban J connectivity index is 2.08. The smallest absolute Gasteiger partial charge is 0.162 e. The van der Waals surface area contributed by atoms with Crippen LogP contribution in [0.15, 0.2) is 29.8 Å². The van der Waals surface area contributed by atoms with E-state index in [0.717, 1.165) is 25.3 Å². The van der Waals surface area contributed by atoms with Gasteiger partial charge in [0.1, 0.15) is 0 Å². The van der Waals surface area contributed by atoms with Crippen LogP contribution in [0.4, 0.5) is 8.78 Å². The molecule has 1 atom stereocenters. The molecule has 0 aliphatic heterocycles. The molecule has 0 saturated heterocycles. The van der Waals surface area contributed by atoms with Crippen LogP contribution in [0.3, 0.4) is 0 Å². The summed E-state index contributed by atoms with van der Waals surface area (Å²) in [5, 5.41) is 0. The number of rotatable bonds is 3. The second-order valence-electron chi connectivity index (χ2n) is 4.90. The van der Waals surface area contributed by atoms with Gasteiger partial charge in [-0.25, -0.2) is 8.78 Å². The molecular formula is C15H19F2N. The monoisotopic (exact) mass is 251 g/mol. The summed E-state index contributed by atoms with van der Waals surface area (Å²) in [6.07, 6.45) is 8.15. The summed E-state index contributed by atoms with van der Waals surface area (Å²) in [7, 11) is 0. The van der Waals surface area contributed by atoms with Crippen molar-refractivity contribution < 1.29 is 8.78 Å². The Morgan fingerprint density at radius 3 is 2.83 bits per heavy atom. The highest BCUT2D eigenvalue weighted by Gasteiger charge is 2.15. The topological polar surface area (TPSA) is 26.0 Å². The van der Waals surface area contributed by atoms with Gasteiger partial charge in [-0.3, -0.25) is 0 Å². The van der Waals surface area contributed by atoms with E-state index in [4.69, 9.17) is 5.73 Å². The molecule has 98 valence electrons. The number of hydrogen-bond acceptors (Lipinski definition) is 1. The lowest BCUT2D eigenvalue weighted by Gasteiger charge is -2.16. The average Bonchev–Trinajstić information content (AvgIpc) is 2.63. The third kappa shape index (κ3) is 3.16. The van der Waals surface area contributed by atoms with Crippen LogP contribution in [0.5, 0.6) is 0 Å². The molecule has 3 heteroatoms. The highest BCUT2D eigenvalue weighted by Crippen LogP contribution is 2.22. The van der Waals surface area contributed by atoms with E-state index in [1.165, 1.54) is 24.5 Å². The number of halogens is 2. The van der Waals surface area contributed by atoms with Gasteiger partial charge in [0, 0.05) is 6.04 Å². The Labute approximate surface area is 107 Å². The lowest BCUT2D eigenvalue weighted by atomic mass is 9.96. The van der Waals surface area contributed by atoms with Crippen LogP contribution in [-0.2, 0) is 6.42 Å². The molecule has 1 aromatic rings. The Morgan fingerprint density at radius 1 is 1.17 bits per heavy atom. The summed E-state index contributed by atoms with van der Waals surface area (Å²) < 4.78 is 26.7. The molecule has 0 radical (unpaired) electrons. The van der Waals surface area contributed by atoms with Crippen molar-refractivity contribution in [3.05, 3.63) is 47.0 Å². The van der Waals surface area contributed by atoms with E-state index in [-0.39, 0.29) is 6.04 Å². The van der Waals surface area contributed by atoms with Crippen LogP contribution in [0.25, 0.3) is 0 Å². The molecule has 0 spiro atoms. The Kier molecular flexibility index (Phi) is 4.48. The first kappa shape index (κ1) is 13.2. The van der Waals surface area contributed by atoms with Crippen molar-refractivity contribution in [3.63, 3.8) is 0 Å². The van der Waals surface area contributed by atoms with Crippen molar-refractivity contribution in [2.45, 2.75) is 44.6 Å². The summed E-state index contributed by atoms with van der Waals surface area (Å²) in [6.45, 7) is 0. The van der Waals surface area contributed by atoms with Crippen LogP contribution in [0.1, 0.15) is 37.7 Å². The molecule has 0 aromatic heterocycles. The fourth-order valence-electron chi connectivity index (χ4n) is 2.45. The quantitative estimate of drug-likeness (QED) is 0.814. The molecule has 1 aromatic carbocycles. The molecule has 0 heterocycles. The van der Waals surface area contributed by atoms with E-state index in [1.807, 2.05) is 0 Å². The van der Waals surface area contributed by atoms with Crippen molar-refractivity contribution in [1.82, 2.24) is 0 Å². The number of hydrogen-bond donors (Lipinski definition) is 1. The Bertz CT molecular complexity index is 440. The zero-order valence-electron chi connectivity index (χ0n) is 10.5. The maximum atomic E-state index is 13.6.